The number of nitrogens with zero attached hydrogens (tertiary/aromatic N) is 1. The maximum absolute atomic E-state index is 10.7. The van der Waals surface area contributed by atoms with Crippen molar-refractivity contribution in [3.05, 3.63) is 0 Å². The molecule has 0 aliphatic carbocycles. The van der Waals surface area contributed by atoms with Crippen molar-refractivity contribution >= 4 is 5.97 Å². The summed E-state index contributed by atoms with van der Waals surface area (Å²) < 4.78 is 0. The zero-order valence-electron chi connectivity index (χ0n) is 8.36. The Morgan fingerprint density at radius 1 is 1.46 bits per heavy atom. The Labute approximate surface area is 79.2 Å². The highest BCUT2D eigenvalue weighted by molar-refractivity contribution is 5.73. The van der Waals surface area contributed by atoms with Gasteiger partial charge in [-0.2, -0.15) is 0 Å². The normalized spacial score (nSPS) is 13.2. The molecule has 0 aromatic rings. The average molecular weight is 189 g/mol. The second kappa shape index (κ2) is 6.86. The molecule has 1 atom stereocenters. The van der Waals surface area contributed by atoms with Gasteiger partial charge in [-0.25, -0.2) is 0 Å². The lowest BCUT2D eigenvalue weighted by atomic mass is 10.2. The summed E-state index contributed by atoms with van der Waals surface area (Å²) in [6.07, 6.45) is 2.20. The number of aliphatic hydroxyl groups excluding tert-OH is 1. The highest BCUT2D eigenvalue weighted by atomic mass is 16.4. The van der Waals surface area contributed by atoms with E-state index in [0.717, 1.165) is 19.4 Å². The Hall–Kier alpha value is -0.610. The van der Waals surface area contributed by atoms with E-state index in [1.165, 1.54) is 0 Å². The van der Waals surface area contributed by atoms with Crippen LogP contribution in [-0.4, -0.2) is 47.3 Å². The second-order valence-corrected chi connectivity index (χ2v) is 3.17. The lowest BCUT2D eigenvalue weighted by Gasteiger charge is -2.22. The third kappa shape index (κ3) is 4.85. The van der Waals surface area contributed by atoms with Gasteiger partial charge in [0.05, 0.1) is 0 Å². The third-order valence-electron chi connectivity index (χ3n) is 2.12. The molecule has 0 aliphatic rings. The van der Waals surface area contributed by atoms with Gasteiger partial charge in [-0.1, -0.05) is 6.92 Å². The number of hydrogen-bond donors (Lipinski definition) is 2. The molecule has 0 rings (SSSR count). The molecule has 4 nitrogen and oxygen atoms in total. The quantitative estimate of drug-likeness (QED) is 0.574. The van der Waals surface area contributed by atoms with Gasteiger partial charge in [0.1, 0.15) is 6.04 Å². The van der Waals surface area contributed by atoms with Crippen LogP contribution in [0.15, 0.2) is 0 Å². The van der Waals surface area contributed by atoms with Crippen LogP contribution in [0.2, 0.25) is 0 Å². The van der Waals surface area contributed by atoms with Crippen molar-refractivity contribution in [1.29, 1.82) is 0 Å². The first-order valence-electron chi connectivity index (χ1n) is 4.67. The van der Waals surface area contributed by atoms with Gasteiger partial charge >= 0.3 is 5.97 Å². The maximum atomic E-state index is 10.7. The Balaban J connectivity index is 3.77. The molecule has 0 saturated heterocycles. The monoisotopic (exact) mass is 189 g/mol. The molecular weight excluding hydrogens is 170 g/mol. The number of carboxylic acid groups (broad SMARTS) is 1. The molecule has 0 aliphatic heterocycles. The highest BCUT2D eigenvalue weighted by Gasteiger charge is 2.19. The standard InChI is InChI=1S/C9H19NO3/c1-3-8(9(12)13)10(2)6-4-5-7-11/h8,11H,3-7H2,1-2H3,(H,12,13). The Kier molecular flexibility index (Phi) is 6.54. The Morgan fingerprint density at radius 3 is 2.46 bits per heavy atom. The molecule has 4 heteroatoms. The predicted molar refractivity (Wildman–Crippen MR) is 50.7 cm³/mol. The minimum atomic E-state index is -0.769. The lowest BCUT2D eigenvalue weighted by Crippen LogP contribution is -2.38. The molecule has 1 unspecified atom stereocenters. The van der Waals surface area contributed by atoms with Crippen molar-refractivity contribution in [2.75, 3.05) is 20.2 Å². The molecule has 0 spiro atoms. The number of aliphatic hydroxyl groups is 1. The molecule has 0 aromatic carbocycles. The molecule has 0 radical (unpaired) electrons. The van der Waals surface area contributed by atoms with Gasteiger partial charge in [-0.05, 0) is 32.9 Å². The van der Waals surface area contributed by atoms with E-state index in [1.807, 2.05) is 11.8 Å². The zero-order chi connectivity index (χ0) is 10.3. The van der Waals surface area contributed by atoms with E-state index in [-0.39, 0.29) is 6.61 Å². The molecule has 0 heterocycles. The fourth-order valence-electron chi connectivity index (χ4n) is 1.30. The summed E-state index contributed by atoms with van der Waals surface area (Å²) in [5, 5.41) is 17.4. The number of unbranched alkanes of at least 4 members (excludes halogenated alkanes) is 1. The van der Waals surface area contributed by atoms with Gasteiger partial charge < -0.3 is 10.2 Å². The van der Waals surface area contributed by atoms with Crippen molar-refractivity contribution in [1.82, 2.24) is 4.90 Å². The van der Waals surface area contributed by atoms with Crippen molar-refractivity contribution < 1.29 is 15.0 Å². The lowest BCUT2D eigenvalue weighted by molar-refractivity contribution is -0.142. The minimum absolute atomic E-state index is 0.178. The zero-order valence-corrected chi connectivity index (χ0v) is 8.36. The summed E-state index contributed by atoms with van der Waals surface area (Å²) in [7, 11) is 1.81. The maximum Gasteiger partial charge on any atom is 0.320 e. The van der Waals surface area contributed by atoms with Gasteiger partial charge in [0, 0.05) is 6.61 Å². The number of rotatable bonds is 7. The summed E-state index contributed by atoms with van der Waals surface area (Å²) >= 11 is 0. The minimum Gasteiger partial charge on any atom is -0.480 e. The second-order valence-electron chi connectivity index (χ2n) is 3.17. The van der Waals surface area contributed by atoms with E-state index in [4.69, 9.17) is 10.2 Å². The Bertz CT molecular complexity index is 150. The average Bonchev–Trinajstić information content (AvgIpc) is 2.05. The van der Waals surface area contributed by atoms with Crippen LogP contribution in [0, 0.1) is 0 Å². The van der Waals surface area contributed by atoms with Crippen LogP contribution in [0.3, 0.4) is 0 Å². The van der Waals surface area contributed by atoms with Crippen molar-refractivity contribution in [2.24, 2.45) is 0 Å². The fraction of sp³-hybridized carbons (Fsp3) is 0.889. The number of hydrogen-bond acceptors (Lipinski definition) is 3. The molecule has 13 heavy (non-hydrogen) atoms. The van der Waals surface area contributed by atoms with Gasteiger partial charge in [0.2, 0.25) is 0 Å². The molecule has 2 N–H and O–H groups in total. The number of likely N-dealkylation sites (N-methyl/N-ethyl adjacent to an activating group) is 1. The first-order valence-corrected chi connectivity index (χ1v) is 4.67. The molecular formula is C9H19NO3. The molecule has 0 aromatic heterocycles. The fourth-order valence-corrected chi connectivity index (χ4v) is 1.30. The summed E-state index contributed by atoms with van der Waals surface area (Å²) in [4.78, 5) is 12.5. The largest absolute Gasteiger partial charge is 0.480 e. The third-order valence-corrected chi connectivity index (χ3v) is 2.12. The summed E-state index contributed by atoms with van der Waals surface area (Å²) in [5.74, 6) is -0.769. The van der Waals surface area contributed by atoms with Gasteiger partial charge in [0.25, 0.3) is 0 Å². The summed E-state index contributed by atoms with van der Waals surface area (Å²) in [6, 6.07) is -0.390. The van der Waals surface area contributed by atoms with Gasteiger partial charge in [0.15, 0.2) is 0 Å². The number of aliphatic carboxylic acids is 1. The van der Waals surface area contributed by atoms with Crippen LogP contribution in [0.5, 0.6) is 0 Å². The molecule has 0 fully saturated rings. The van der Waals surface area contributed by atoms with Crippen molar-refractivity contribution in [2.45, 2.75) is 32.2 Å². The van der Waals surface area contributed by atoms with E-state index >= 15 is 0 Å². The highest BCUT2D eigenvalue weighted by Crippen LogP contribution is 2.03. The number of carbonyl (C=O) groups is 1. The van der Waals surface area contributed by atoms with E-state index < -0.39 is 12.0 Å². The molecule has 0 bridgehead atoms. The van der Waals surface area contributed by atoms with Crippen molar-refractivity contribution in [3.63, 3.8) is 0 Å². The molecule has 78 valence electrons. The van der Waals surface area contributed by atoms with E-state index in [2.05, 4.69) is 0 Å². The first-order chi connectivity index (χ1) is 6.13. The van der Waals surface area contributed by atoms with E-state index in [1.54, 1.807) is 7.05 Å². The van der Waals surface area contributed by atoms with Crippen LogP contribution in [-0.2, 0) is 4.79 Å². The van der Waals surface area contributed by atoms with Crippen LogP contribution in [0.1, 0.15) is 26.2 Å². The first kappa shape index (κ1) is 12.4. The number of carboxylic acids is 1. The van der Waals surface area contributed by atoms with Crippen LogP contribution >= 0.6 is 0 Å². The smallest absolute Gasteiger partial charge is 0.320 e. The van der Waals surface area contributed by atoms with E-state index in [0.29, 0.717) is 6.42 Å². The SMILES string of the molecule is CCC(C(=O)O)N(C)CCCCO. The molecule has 0 saturated carbocycles. The van der Waals surface area contributed by atoms with Gasteiger partial charge in [-0.15, -0.1) is 0 Å². The topological polar surface area (TPSA) is 60.8 Å². The Morgan fingerprint density at radius 2 is 2.08 bits per heavy atom. The van der Waals surface area contributed by atoms with Gasteiger partial charge in [-0.3, -0.25) is 9.69 Å². The van der Waals surface area contributed by atoms with Crippen LogP contribution < -0.4 is 0 Å². The van der Waals surface area contributed by atoms with Crippen LogP contribution in [0.4, 0.5) is 0 Å². The molecule has 0 amide bonds. The summed E-state index contributed by atoms with van der Waals surface area (Å²) in [5.41, 5.74) is 0. The van der Waals surface area contributed by atoms with Crippen LogP contribution in [0.25, 0.3) is 0 Å². The van der Waals surface area contributed by atoms with Crippen molar-refractivity contribution in [3.8, 4) is 0 Å². The van der Waals surface area contributed by atoms with E-state index in [9.17, 15) is 4.79 Å². The summed E-state index contributed by atoms with van der Waals surface area (Å²) in [6.45, 7) is 2.77. The predicted octanol–water partition coefficient (Wildman–Crippen LogP) is 0.554.